The number of rotatable bonds is 1. The van der Waals surface area contributed by atoms with Crippen LogP contribution < -0.4 is 0 Å². The van der Waals surface area contributed by atoms with Gasteiger partial charge in [-0.05, 0) is 57.3 Å². The van der Waals surface area contributed by atoms with Crippen molar-refractivity contribution in [2.45, 2.75) is 96.0 Å². The molecule has 3 unspecified atom stereocenters. The molecule has 0 aromatic carbocycles. The highest BCUT2D eigenvalue weighted by Gasteiger charge is 2.83. The lowest BCUT2D eigenvalue weighted by Crippen LogP contribution is -2.86. The van der Waals surface area contributed by atoms with E-state index < -0.39 is 5.60 Å². The molecule has 166 valence electrons. The average Bonchev–Trinajstić information content (AvgIpc) is 3.16. The van der Waals surface area contributed by atoms with Gasteiger partial charge in [-0.25, -0.2) is 4.90 Å². The summed E-state index contributed by atoms with van der Waals surface area (Å²) in [4.78, 5) is 14.8. The molecule has 6 heteroatoms. The van der Waals surface area contributed by atoms with Gasteiger partial charge in [-0.3, -0.25) is 4.79 Å². The van der Waals surface area contributed by atoms with Crippen LogP contribution in [0, 0.1) is 34.0 Å². The first-order valence-electron chi connectivity index (χ1n) is 12.2. The molecule has 0 amide bonds. The number of esters is 1. The summed E-state index contributed by atoms with van der Waals surface area (Å²) in [7, 11) is 0. The summed E-state index contributed by atoms with van der Waals surface area (Å²) in [5.74, 6) is 1.01. The molecule has 0 aromatic rings. The average molecular weight is 418 g/mol. The third-order valence-corrected chi connectivity index (χ3v) is 11.0. The van der Waals surface area contributed by atoms with Gasteiger partial charge in [-0.2, -0.15) is 0 Å². The van der Waals surface area contributed by atoms with Gasteiger partial charge in [-0.15, -0.1) is 0 Å². The van der Waals surface area contributed by atoms with Crippen molar-refractivity contribution < 1.29 is 24.1 Å². The Labute approximate surface area is 178 Å². The highest BCUT2D eigenvalue weighted by atomic mass is 16.6. The highest BCUT2D eigenvalue weighted by molar-refractivity contribution is 5.66. The number of nitrogens with zero attached hydrogens (tertiary/aromatic N) is 1. The predicted molar refractivity (Wildman–Crippen MR) is 107 cm³/mol. The van der Waals surface area contributed by atoms with Gasteiger partial charge in [0.2, 0.25) is 0 Å². The number of hydrogen-bond donors (Lipinski definition) is 1. The number of fused-ring (bicyclic) bond motifs is 4. The van der Waals surface area contributed by atoms with E-state index in [0.29, 0.717) is 11.8 Å². The van der Waals surface area contributed by atoms with E-state index in [0.717, 1.165) is 51.7 Å². The van der Waals surface area contributed by atoms with Gasteiger partial charge in [0.05, 0.1) is 12.2 Å². The molecule has 4 aliphatic heterocycles. The van der Waals surface area contributed by atoms with Crippen molar-refractivity contribution in [1.82, 2.24) is 4.90 Å². The van der Waals surface area contributed by atoms with Crippen LogP contribution in [0.15, 0.2) is 0 Å². The lowest BCUT2D eigenvalue weighted by Gasteiger charge is -2.81. The first-order valence-corrected chi connectivity index (χ1v) is 12.2. The lowest BCUT2D eigenvalue weighted by atomic mass is 9.31. The van der Waals surface area contributed by atoms with Crippen LogP contribution in [0.2, 0.25) is 0 Å². The van der Waals surface area contributed by atoms with Gasteiger partial charge >= 0.3 is 5.97 Å². The van der Waals surface area contributed by atoms with Crippen LogP contribution in [0.3, 0.4) is 0 Å². The van der Waals surface area contributed by atoms with Gasteiger partial charge in [0.1, 0.15) is 24.7 Å². The molecule has 5 saturated carbocycles. The summed E-state index contributed by atoms with van der Waals surface area (Å²) < 4.78 is 19.6. The van der Waals surface area contributed by atoms with Gasteiger partial charge < -0.3 is 19.3 Å². The zero-order valence-corrected chi connectivity index (χ0v) is 18.4. The number of aliphatic hydroxyl groups is 1. The lowest BCUT2D eigenvalue weighted by molar-refractivity contribution is -0.447. The Morgan fingerprint density at radius 1 is 1.20 bits per heavy atom. The van der Waals surface area contributed by atoms with E-state index in [-0.39, 0.29) is 52.8 Å². The first kappa shape index (κ1) is 18.8. The number of piperidine rings is 1. The van der Waals surface area contributed by atoms with Crippen LogP contribution in [-0.2, 0) is 19.0 Å². The molecule has 6 nitrogen and oxygen atoms in total. The summed E-state index contributed by atoms with van der Waals surface area (Å²) in [6.07, 6.45) is 7.30. The maximum Gasteiger partial charge on any atom is 0.303 e. The van der Waals surface area contributed by atoms with Gasteiger partial charge in [0, 0.05) is 35.6 Å². The largest absolute Gasteiger partial charge is 0.459 e. The minimum absolute atomic E-state index is 0.00123. The van der Waals surface area contributed by atoms with Crippen molar-refractivity contribution in [2.75, 3.05) is 13.2 Å². The summed E-state index contributed by atoms with van der Waals surface area (Å²) in [6, 6.07) is 0. The maximum absolute atomic E-state index is 12.3. The van der Waals surface area contributed by atoms with Crippen molar-refractivity contribution in [1.29, 1.82) is 0 Å². The Hall–Kier alpha value is -0.690. The molecule has 4 saturated heterocycles. The molecule has 9 aliphatic rings. The first-order chi connectivity index (χ1) is 14.2. The van der Waals surface area contributed by atoms with Gasteiger partial charge in [-0.1, -0.05) is 13.3 Å². The number of carbonyl (C=O) groups is 1. The number of hydrogen-bond acceptors (Lipinski definition) is 6. The Bertz CT molecular complexity index is 815. The Morgan fingerprint density at radius 2 is 2.03 bits per heavy atom. The second-order valence-electron chi connectivity index (χ2n) is 12.2. The van der Waals surface area contributed by atoms with Gasteiger partial charge in [0.15, 0.2) is 0 Å². The Morgan fingerprint density at radius 3 is 2.80 bits per heavy atom. The van der Waals surface area contributed by atoms with Crippen LogP contribution in [-0.4, -0.2) is 59.4 Å². The summed E-state index contributed by atoms with van der Waals surface area (Å²) in [5.41, 5.74) is -0.730. The standard InChI is InChI=1S/C24H35NO5/c1-13(26)29-16-17-21(2)6-4-7-24(17)15-11-14-5-8-23(15,12-22(14,3)27)18(16)30-20(24)25-9-10-28-19(21)25/h14-20,27H,4-12H2,1-3H3/t14-,15-,16-,17-,18+,19+,20?,21+,22-,23?,24?/m1/s1. The molecule has 7 bridgehead atoms. The van der Waals surface area contributed by atoms with Crippen LogP contribution in [0.1, 0.15) is 65.7 Å². The molecule has 1 N–H and O–H groups in total. The Kier molecular flexibility index (Phi) is 3.42. The monoisotopic (exact) mass is 417 g/mol. The van der Waals surface area contributed by atoms with Crippen molar-refractivity contribution in [2.24, 2.45) is 34.0 Å². The van der Waals surface area contributed by atoms with E-state index in [9.17, 15) is 9.90 Å². The fourth-order valence-electron chi connectivity index (χ4n) is 10.5. The smallest absolute Gasteiger partial charge is 0.303 e. The summed E-state index contributed by atoms with van der Waals surface area (Å²) in [6.45, 7) is 7.68. The molecule has 5 aliphatic carbocycles. The molecule has 11 atom stereocenters. The summed E-state index contributed by atoms with van der Waals surface area (Å²) in [5, 5.41) is 11.3. The normalized spacial score (nSPS) is 62.7. The minimum atomic E-state index is -0.640. The molecule has 30 heavy (non-hydrogen) atoms. The zero-order chi connectivity index (χ0) is 20.7. The molecule has 0 radical (unpaired) electrons. The maximum atomic E-state index is 12.3. The number of carbonyl (C=O) groups excluding carboxylic acids is 1. The molecular formula is C24H35NO5. The minimum Gasteiger partial charge on any atom is -0.459 e. The van der Waals surface area contributed by atoms with E-state index >= 15 is 0 Å². The van der Waals surface area contributed by atoms with E-state index in [1.165, 1.54) is 6.42 Å². The highest BCUT2D eigenvalue weighted by Crippen LogP contribution is 2.80. The fraction of sp³-hybridized carbons (Fsp3) is 0.958. The third-order valence-electron chi connectivity index (χ3n) is 11.0. The van der Waals surface area contributed by atoms with E-state index in [1.807, 2.05) is 6.92 Å². The third kappa shape index (κ3) is 1.84. The zero-order valence-electron chi connectivity index (χ0n) is 18.4. The molecule has 0 aromatic heterocycles. The fourth-order valence-corrected chi connectivity index (χ4v) is 10.5. The Balaban J connectivity index is 1.46. The van der Waals surface area contributed by atoms with Gasteiger partial charge in [0.25, 0.3) is 0 Å². The van der Waals surface area contributed by atoms with Crippen LogP contribution in [0.25, 0.3) is 0 Å². The van der Waals surface area contributed by atoms with Crippen molar-refractivity contribution in [3.8, 4) is 0 Å². The van der Waals surface area contributed by atoms with E-state index in [1.54, 1.807) is 6.92 Å². The van der Waals surface area contributed by atoms with Crippen molar-refractivity contribution in [3.05, 3.63) is 0 Å². The SMILES string of the molecule is CC(=O)O[C@H]1[C@@H]2OC3N4CCO[C@H]4[C@@]4(C)CCCC3([C@@H]3C[C@H]5CCC32C[C@@]5(C)O)[C@H]14. The molecule has 9 rings (SSSR count). The van der Waals surface area contributed by atoms with Crippen molar-refractivity contribution in [3.63, 3.8) is 0 Å². The van der Waals surface area contributed by atoms with E-state index in [2.05, 4.69) is 11.8 Å². The second kappa shape index (κ2) is 5.44. The second-order valence-corrected chi connectivity index (χ2v) is 12.2. The van der Waals surface area contributed by atoms with Crippen LogP contribution >= 0.6 is 0 Å². The predicted octanol–water partition coefficient (Wildman–Crippen LogP) is 2.68. The van der Waals surface area contributed by atoms with Crippen molar-refractivity contribution >= 4 is 5.97 Å². The topological polar surface area (TPSA) is 68.2 Å². The number of ether oxygens (including phenoxy) is 3. The quantitative estimate of drug-likeness (QED) is 0.662. The van der Waals surface area contributed by atoms with Crippen LogP contribution in [0.5, 0.6) is 0 Å². The summed E-state index contributed by atoms with van der Waals surface area (Å²) >= 11 is 0. The van der Waals surface area contributed by atoms with E-state index in [4.69, 9.17) is 14.2 Å². The molecule has 9 fully saturated rings. The van der Waals surface area contributed by atoms with Crippen LogP contribution in [0.4, 0.5) is 0 Å². The molecule has 4 heterocycles. The molecular weight excluding hydrogens is 382 g/mol. The molecule has 2 spiro atoms.